The minimum atomic E-state index is -0.877. The fourth-order valence-corrected chi connectivity index (χ4v) is 3.01. The number of nitrogen functional groups attached to an aromatic ring is 1. The Morgan fingerprint density at radius 1 is 1.07 bits per heavy atom. The maximum Gasteiger partial charge on any atom is 0.321 e. The zero-order valence-electron chi connectivity index (χ0n) is 17.5. The van der Waals surface area contributed by atoms with Crippen molar-refractivity contribution in [2.45, 2.75) is 45.6 Å². The largest absolute Gasteiger partial charge is 0.389 e. The van der Waals surface area contributed by atoms with Crippen molar-refractivity contribution in [3.05, 3.63) is 48.0 Å². The summed E-state index contributed by atoms with van der Waals surface area (Å²) in [6.07, 6.45) is 3.41. The van der Waals surface area contributed by atoms with Gasteiger partial charge in [0, 0.05) is 24.5 Å². The molecule has 0 radical (unpaired) electrons. The highest BCUT2D eigenvalue weighted by Gasteiger charge is 2.37. The summed E-state index contributed by atoms with van der Waals surface area (Å²) in [7, 11) is 0. The molecular weight excluding hydrogens is 368 g/mol. The van der Waals surface area contributed by atoms with Crippen molar-refractivity contribution in [2.24, 2.45) is 5.92 Å². The molecule has 29 heavy (non-hydrogen) atoms. The fraction of sp³-hybridized carbons (Fsp3) is 0.429. The third-order valence-corrected chi connectivity index (χ3v) is 5.21. The van der Waals surface area contributed by atoms with E-state index in [1.807, 2.05) is 12.1 Å². The minimum absolute atomic E-state index is 0.216. The van der Waals surface area contributed by atoms with Gasteiger partial charge in [-0.3, -0.25) is 0 Å². The first-order valence-corrected chi connectivity index (χ1v) is 9.58. The van der Waals surface area contributed by atoms with E-state index in [1.54, 1.807) is 26.2 Å². The second kappa shape index (κ2) is 7.79. The number of aliphatic hydroxyl groups is 1. The van der Waals surface area contributed by atoms with E-state index in [-0.39, 0.29) is 11.9 Å². The molecule has 0 bridgehead atoms. The minimum Gasteiger partial charge on any atom is -0.389 e. The quantitative estimate of drug-likeness (QED) is 0.556. The van der Waals surface area contributed by atoms with Crippen molar-refractivity contribution in [1.29, 1.82) is 0 Å². The monoisotopic (exact) mass is 396 g/mol. The van der Waals surface area contributed by atoms with Crippen LogP contribution in [-0.4, -0.2) is 37.4 Å². The predicted molar refractivity (Wildman–Crippen MR) is 112 cm³/mol. The van der Waals surface area contributed by atoms with Crippen molar-refractivity contribution in [3.8, 4) is 11.1 Å². The molecule has 1 unspecified atom stereocenters. The van der Waals surface area contributed by atoms with Crippen LogP contribution in [-0.2, 0) is 5.41 Å². The first-order chi connectivity index (χ1) is 13.6. The molecule has 0 saturated heterocycles. The standard InChI is InChI=1S/C21H28N6O2/c1-13(2)21(5,17-26-19(29-27-17)25-12-20(3,4)28)16-8-6-14(7-9-16)15-10-23-18(22)24-11-15/h6-11,13,28H,12H2,1-5H3,(H2,22,23,24)(H,25,26,27). The van der Waals surface area contributed by atoms with Crippen LogP contribution in [0, 0.1) is 5.92 Å². The summed E-state index contributed by atoms with van der Waals surface area (Å²) in [6.45, 7) is 10.1. The number of nitrogens with one attached hydrogen (secondary N) is 1. The zero-order chi connectivity index (χ0) is 21.2. The molecule has 8 heteroatoms. The molecule has 0 aliphatic carbocycles. The van der Waals surface area contributed by atoms with Gasteiger partial charge in [-0.2, -0.15) is 4.98 Å². The molecule has 1 atom stereocenters. The molecule has 0 saturated carbocycles. The Morgan fingerprint density at radius 3 is 2.24 bits per heavy atom. The third kappa shape index (κ3) is 4.54. The smallest absolute Gasteiger partial charge is 0.321 e. The molecule has 3 rings (SSSR count). The van der Waals surface area contributed by atoms with Crippen molar-refractivity contribution >= 4 is 12.0 Å². The Kier molecular flexibility index (Phi) is 5.57. The second-order valence-corrected chi connectivity index (χ2v) is 8.35. The summed E-state index contributed by atoms with van der Waals surface area (Å²) in [5, 5.41) is 17.1. The molecule has 2 aromatic heterocycles. The Labute approximate surface area is 170 Å². The molecule has 4 N–H and O–H groups in total. The highest BCUT2D eigenvalue weighted by atomic mass is 16.5. The molecule has 3 aromatic rings. The molecule has 0 aliphatic rings. The summed E-state index contributed by atoms with van der Waals surface area (Å²) >= 11 is 0. The van der Waals surface area contributed by atoms with Crippen molar-refractivity contribution in [3.63, 3.8) is 0 Å². The van der Waals surface area contributed by atoms with Gasteiger partial charge >= 0.3 is 6.01 Å². The van der Waals surface area contributed by atoms with E-state index in [0.29, 0.717) is 18.4 Å². The summed E-state index contributed by atoms with van der Waals surface area (Å²) < 4.78 is 5.37. The number of benzene rings is 1. The van der Waals surface area contributed by atoms with Gasteiger partial charge < -0.3 is 20.7 Å². The lowest BCUT2D eigenvalue weighted by Gasteiger charge is -2.31. The lowest BCUT2D eigenvalue weighted by molar-refractivity contribution is 0.0937. The van der Waals surface area contributed by atoms with Gasteiger partial charge in [0.25, 0.3) is 0 Å². The van der Waals surface area contributed by atoms with E-state index in [9.17, 15) is 5.11 Å². The molecule has 2 heterocycles. The van der Waals surface area contributed by atoms with Crippen LogP contribution in [0.25, 0.3) is 11.1 Å². The number of anilines is 2. The normalized spacial score (nSPS) is 14.0. The average molecular weight is 396 g/mol. The van der Waals surface area contributed by atoms with Crippen molar-refractivity contribution in [1.82, 2.24) is 20.1 Å². The summed E-state index contributed by atoms with van der Waals surface area (Å²) in [5.74, 6) is 1.06. The van der Waals surface area contributed by atoms with Gasteiger partial charge in [0.2, 0.25) is 5.95 Å². The van der Waals surface area contributed by atoms with Crippen molar-refractivity contribution < 1.29 is 9.63 Å². The third-order valence-electron chi connectivity index (χ3n) is 5.21. The maximum absolute atomic E-state index is 9.88. The van der Waals surface area contributed by atoms with E-state index >= 15 is 0 Å². The maximum atomic E-state index is 9.88. The highest BCUT2D eigenvalue weighted by Crippen LogP contribution is 2.38. The number of aromatic nitrogens is 4. The average Bonchev–Trinajstić information content (AvgIpc) is 3.15. The lowest BCUT2D eigenvalue weighted by Crippen LogP contribution is -2.32. The van der Waals surface area contributed by atoms with Gasteiger partial charge in [-0.1, -0.05) is 43.3 Å². The highest BCUT2D eigenvalue weighted by molar-refractivity contribution is 5.62. The Balaban J connectivity index is 1.88. The Bertz CT molecular complexity index is 945. The SMILES string of the molecule is CC(C)C(C)(c1ccc(-c2cnc(N)nc2)cc1)c1noc(NCC(C)(C)O)n1. The van der Waals surface area contributed by atoms with E-state index in [0.717, 1.165) is 16.7 Å². The first-order valence-electron chi connectivity index (χ1n) is 9.58. The number of hydrogen-bond acceptors (Lipinski definition) is 8. The van der Waals surface area contributed by atoms with E-state index < -0.39 is 11.0 Å². The van der Waals surface area contributed by atoms with Gasteiger partial charge in [0.1, 0.15) is 0 Å². The fourth-order valence-electron chi connectivity index (χ4n) is 3.01. The van der Waals surface area contributed by atoms with Crippen LogP contribution in [0.5, 0.6) is 0 Å². The molecule has 0 fully saturated rings. The number of hydrogen-bond donors (Lipinski definition) is 3. The van der Waals surface area contributed by atoms with Crippen LogP contribution in [0.4, 0.5) is 12.0 Å². The van der Waals surface area contributed by atoms with E-state index in [2.05, 4.69) is 58.3 Å². The molecule has 154 valence electrons. The van der Waals surface area contributed by atoms with Crippen LogP contribution < -0.4 is 11.1 Å². The van der Waals surface area contributed by atoms with Gasteiger partial charge in [-0.15, -0.1) is 0 Å². The van der Waals surface area contributed by atoms with Crippen molar-refractivity contribution in [2.75, 3.05) is 17.6 Å². The molecule has 0 aliphatic heterocycles. The number of nitrogens with two attached hydrogens (primary N) is 1. The molecule has 0 amide bonds. The summed E-state index contributed by atoms with van der Waals surface area (Å²) in [6, 6.07) is 8.47. The van der Waals surface area contributed by atoms with Gasteiger partial charge in [-0.25, -0.2) is 9.97 Å². The summed E-state index contributed by atoms with van der Waals surface area (Å²) in [4.78, 5) is 12.6. The molecule has 8 nitrogen and oxygen atoms in total. The predicted octanol–water partition coefficient (Wildman–Crippen LogP) is 3.25. The lowest BCUT2D eigenvalue weighted by atomic mass is 9.72. The van der Waals surface area contributed by atoms with E-state index in [4.69, 9.17) is 10.3 Å². The second-order valence-electron chi connectivity index (χ2n) is 8.35. The first kappa shape index (κ1) is 20.7. The molecule has 0 spiro atoms. The van der Waals surface area contributed by atoms with Gasteiger partial charge in [0.15, 0.2) is 5.82 Å². The van der Waals surface area contributed by atoms with Crippen LogP contribution >= 0.6 is 0 Å². The zero-order valence-corrected chi connectivity index (χ0v) is 17.5. The molecule has 1 aromatic carbocycles. The number of rotatable bonds is 7. The Hall–Kier alpha value is -3.00. The van der Waals surface area contributed by atoms with Crippen LogP contribution in [0.3, 0.4) is 0 Å². The topological polar surface area (TPSA) is 123 Å². The number of nitrogens with zero attached hydrogens (tertiary/aromatic N) is 4. The van der Waals surface area contributed by atoms with E-state index in [1.165, 1.54) is 0 Å². The Morgan fingerprint density at radius 2 is 1.69 bits per heavy atom. The van der Waals surface area contributed by atoms with Crippen LogP contribution in [0.15, 0.2) is 41.2 Å². The van der Waals surface area contributed by atoms with Gasteiger partial charge in [-0.05, 0) is 37.8 Å². The van der Waals surface area contributed by atoms with Crippen LogP contribution in [0.1, 0.15) is 46.0 Å². The summed E-state index contributed by atoms with van der Waals surface area (Å²) in [5.41, 5.74) is 7.21. The molecular formula is C21H28N6O2. The van der Waals surface area contributed by atoms with Crippen LogP contribution in [0.2, 0.25) is 0 Å². The van der Waals surface area contributed by atoms with Gasteiger partial charge in [0.05, 0.1) is 11.0 Å².